The fraction of sp³-hybridized carbons (Fsp3) is 0.0877. The van der Waals surface area contributed by atoms with Crippen molar-refractivity contribution in [3.8, 4) is 33.7 Å². The maximum atomic E-state index is 6.68. The summed E-state index contributed by atoms with van der Waals surface area (Å²) in [5, 5.41) is 2.48. The number of hydrogen-bond acceptors (Lipinski definition) is 2. The second-order valence-electron chi connectivity index (χ2n) is 16.3. The minimum Gasteiger partial charge on any atom is -0.489 e. The average Bonchev–Trinajstić information content (AvgIpc) is 3.63. The molecular weight excluding hydrogens is 729 g/mol. The molecule has 3 heteroatoms. The van der Waals surface area contributed by atoms with Crippen LogP contribution in [0.3, 0.4) is 0 Å². The van der Waals surface area contributed by atoms with Crippen molar-refractivity contribution in [2.45, 2.75) is 24.8 Å². The van der Waals surface area contributed by atoms with Crippen LogP contribution >= 0.6 is 0 Å². The Morgan fingerprint density at radius 3 is 2.23 bits per heavy atom. The first kappa shape index (κ1) is 34.7. The van der Waals surface area contributed by atoms with E-state index in [1.165, 1.54) is 88.8 Å². The number of hydrogen-bond donors (Lipinski definition) is 0. The van der Waals surface area contributed by atoms with E-state index in [2.05, 4.69) is 216 Å². The fourth-order valence-electron chi connectivity index (χ4n) is 10.5. The summed E-state index contributed by atoms with van der Waals surface area (Å²) in [6, 6.07) is 58.4. The van der Waals surface area contributed by atoms with Crippen LogP contribution in [0.1, 0.15) is 35.1 Å². The Morgan fingerprint density at radius 1 is 0.517 bits per heavy atom. The van der Waals surface area contributed by atoms with Gasteiger partial charge in [-0.1, -0.05) is 140 Å². The number of para-hydroxylation sites is 3. The molecule has 3 nitrogen and oxygen atoms in total. The molecule has 0 bridgehead atoms. The summed E-state index contributed by atoms with van der Waals surface area (Å²) in [4.78, 5) is 2.43. The first-order chi connectivity index (χ1) is 29.8. The van der Waals surface area contributed by atoms with Crippen molar-refractivity contribution in [3.05, 3.63) is 234 Å². The first-order valence-electron chi connectivity index (χ1n) is 21.1. The molecule has 8 aromatic rings. The van der Waals surface area contributed by atoms with Crippen LogP contribution in [0.2, 0.25) is 0 Å². The maximum absolute atomic E-state index is 6.68. The van der Waals surface area contributed by atoms with Crippen molar-refractivity contribution in [1.29, 1.82) is 0 Å². The minimum absolute atomic E-state index is 0.420. The van der Waals surface area contributed by atoms with Crippen molar-refractivity contribution in [1.82, 2.24) is 4.57 Å². The SMILES string of the molecule is C1=CCC2=C(C=C1)C1(C/C=C\C=C/COc3ccc(-n4c5ccccc5c5cc(-c6ccc7c(c6)-c6ccccc6N(c6ccccc6)C7)ccc54)cc31)c1ccccc12. The third-order valence-electron chi connectivity index (χ3n) is 13.1. The predicted molar refractivity (Wildman–Crippen MR) is 249 cm³/mol. The van der Waals surface area contributed by atoms with Crippen LogP contribution < -0.4 is 9.64 Å². The van der Waals surface area contributed by atoms with Gasteiger partial charge < -0.3 is 14.2 Å². The zero-order chi connectivity index (χ0) is 39.6. The second-order valence-corrected chi connectivity index (χ2v) is 16.3. The Labute approximate surface area is 350 Å². The van der Waals surface area contributed by atoms with Gasteiger partial charge in [0, 0.05) is 45.5 Å². The fourth-order valence-corrected chi connectivity index (χ4v) is 10.5. The second kappa shape index (κ2) is 13.9. The summed E-state index contributed by atoms with van der Waals surface area (Å²) in [5.74, 6) is 0.928. The summed E-state index contributed by atoms with van der Waals surface area (Å²) >= 11 is 0. The molecule has 0 N–H and O–H groups in total. The number of benzene rings is 7. The van der Waals surface area contributed by atoms with Crippen LogP contribution in [0.5, 0.6) is 5.75 Å². The highest BCUT2D eigenvalue weighted by atomic mass is 16.5. The Balaban J connectivity index is 1.02. The predicted octanol–water partition coefficient (Wildman–Crippen LogP) is 14.2. The number of anilines is 2. The minimum atomic E-state index is -0.420. The summed E-state index contributed by atoms with van der Waals surface area (Å²) in [6.45, 7) is 1.34. The zero-order valence-corrected chi connectivity index (χ0v) is 33.3. The molecule has 1 aromatic heterocycles. The molecule has 7 aromatic carbocycles. The third-order valence-corrected chi connectivity index (χ3v) is 13.1. The molecule has 60 heavy (non-hydrogen) atoms. The van der Waals surface area contributed by atoms with E-state index in [0.29, 0.717) is 6.61 Å². The lowest BCUT2D eigenvalue weighted by atomic mass is 9.68. The summed E-state index contributed by atoms with van der Waals surface area (Å²) < 4.78 is 9.14. The Bertz CT molecular complexity index is 3190. The van der Waals surface area contributed by atoms with Crippen molar-refractivity contribution < 1.29 is 4.74 Å². The van der Waals surface area contributed by atoms with E-state index >= 15 is 0 Å². The summed E-state index contributed by atoms with van der Waals surface area (Å²) in [5.41, 5.74) is 18.5. The largest absolute Gasteiger partial charge is 0.489 e. The van der Waals surface area contributed by atoms with Gasteiger partial charge in [-0.05, 0) is 124 Å². The molecule has 4 aliphatic rings. The number of rotatable bonds is 3. The van der Waals surface area contributed by atoms with E-state index in [-0.39, 0.29) is 0 Å². The zero-order valence-electron chi connectivity index (χ0n) is 33.3. The molecule has 1 unspecified atom stereocenters. The van der Waals surface area contributed by atoms with Crippen LogP contribution in [0.25, 0.3) is 55.3 Å². The number of allylic oxidation sites excluding steroid dienone is 9. The molecule has 0 saturated carbocycles. The standard InChI is InChI=1S/C57H42N2O/c1-2-16-34-60-56-32-30-43(37-52(56)57(33-15-1)50-23-8-4-7-19-44(50)45-20-9-12-24-51(45)57)59-54-26-14-11-22-47(54)49-36-40(29-31-55(49)59)39-27-28-41-38-58(42-17-5-3-6-18-42)53-25-13-10-21-46(53)48(41)35-39/h1-18,20-32,35-37H,19,33-34,38H2/b15-1-,16-2-. The lowest BCUT2D eigenvalue weighted by Crippen LogP contribution is -2.28. The summed E-state index contributed by atoms with van der Waals surface area (Å²) in [7, 11) is 0. The van der Waals surface area contributed by atoms with E-state index < -0.39 is 5.41 Å². The average molecular weight is 771 g/mol. The van der Waals surface area contributed by atoms with Gasteiger partial charge in [-0.15, -0.1) is 0 Å². The van der Waals surface area contributed by atoms with Crippen LogP contribution in [0, 0.1) is 0 Å². The molecule has 2 aliphatic carbocycles. The molecule has 0 amide bonds. The molecule has 0 saturated heterocycles. The number of aromatic nitrogens is 1. The maximum Gasteiger partial charge on any atom is 0.124 e. The topological polar surface area (TPSA) is 17.4 Å². The normalized spacial score (nSPS) is 18.6. The lowest BCUT2D eigenvalue weighted by molar-refractivity contribution is 0.352. The van der Waals surface area contributed by atoms with E-state index in [1.54, 1.807) is 0 Å². The first-order valence-corrected chi connectivity index (χ1v) is 21.1. The highest BCUT2D eigenvalue weighted by molar-refractivity contribution is 6.10. The highest BCUT2D eigenvalue weighted by Crippen LogP contribution is 2.57. The Hall–Kier alpha value is -7.36. The van der Waals surface area contributed by atoms with Crippen molar-refractivity contribution in [2.75, 3.05) is 11.5 Å². The molecule has 12 rings (SSSR count). The molecule has 0 radical (unpaired) electrons. The van der Waals surface area contributed by atoms with Gasteiger partial charge in [0.15, 0.2) is 0 Å². The number of nitrogens with zero attached hydrogens (tertiary/aromatic N) is 2. The molecule has 286 valence electrons. The summed E-state index contributed by atoms with van der Waals surface area (Å²) in [6.07, 6.45) is 19.5. The van der Waals surface area contributed by atoms with Gasteiger partial charge in [-0.3, -0.25) is 0 Å². The van der Waals surface area contributed by atoms with E-state index in [0.717, 1.165) is 30.8 Å². The van der Waals surface area contributed by atoms with Crippen LogP contribution in [-0.4, -0.2) is 11.2 Å². The molecule has 1 atom stereocenters. The van der Waals surface area contributed by atoms with Crippen molar-refractivity contribution >= 4 is 38.8 Å². The molecular formula is C57H42N2O. The molecule has 2 aliphatic heterocycles. The Morgan fingerprint density at radius 2 is 1.28 bits per heavy atom. The highest BCUT2D eigenvalue weighted by Gasteiger charge is 2.46. The molecule has 3 heterocycles. The smallest absolute Gasteiger partial charge is 0.124 e. The van der Waals surface area contributed by atoms with Crippen LogP contribution in [-0.2, 0) is 12.0 Å². The van der Waals surface area contributed by atoms with Gasteiger partial charge in [0.25, 0.3) is 0 Å². The monoisotopic (exact) mass is 770 g/mol. The van der Waals surface area contributed by atoms with Gasteiger partial charge in [0.05, 0.1) is 16.4 Å². The van der Waals surface area contributed by atoms with Crippen molar-refractivity contribution in [3.63, 3.8) is 0 Å². The quantitative estimate of drug-likeness (QED) is 0.178. The van der Waals surface area contributed by atoms with Gasteiger partial charge in [0.1, 0.15) is 12.4 Å². The van der Waals surface area contributed by atoms with Crippen molar-refractivity contribution in [2.24, 2.45) is 0 Å². The van der Waals surface area contributed by atoms with Crippen LogP contribution in [0.4, 0.5) is 11.4 Å². The number of fused-ring (bicyclic) bond motifs is 12. The van der Waals surface area contributed by atoms with E-state index in [9.17, 15) is 0 Å². The van der Waals surface area contributed by atoms with E-state index in [1.807, 2.05) is 0 Å². The lowest BCUT2D eigenvalue weighted by Gasteiger charge is -2.35. The van der Waals surface area contributed by atoms with E-state index in [4.69, 9.17) is 4.74 Å². The van der Waals surface area contributed by atoms with Gasteiger partial charge in [-0.25, -0.2) is 0 Å². The van der Waals surface area contributed by atoms with Gasteiger partial charge >= 0.3 is 0 Å². The Kier molecular flexibility index (Phi) is 8.02. The van der Waals surface area contributed by atoms with Gasteiger partial charge in [0.2, 0.25) is 0 Å². The number of ether oxygens (including phenoxy) is 1. The third kappa shape index (κ3) is 5.29. The molecule has 0 fully saturated rings. The van der Waals surface area contributed by atoms with Gasteiger partial charge in [-0.2, -0.15) is 0 Å². The molecule has 1 spiro atoms. The van der Waals surface area contributed by atoms with Crippen LogP contribution in [0.15, 0.2) is 212 Å².